The second-order valence-electron chi connectivity index (χ2n) is 11.6. The molecule has 230 valence electrons. The van der Waals surface area contributed by atoms with E-state index >= 15 is 0 Å². The predicted molar refractivity (Wildman–Crippen MR) is 168 cm³/mol. The van der Waals surface area contributed by atoms with Crippen molar-refractivity contribution in [3.8, 4) is 0 Å². The number of carbonyl (C=O) groups excluding carboxylic acids is 3. The highest BCUT2D eigenvalue weighted by atomic mass is 79.9. The van der Waals surface area contributed by atoms with Crippen molar-refractivity contribution in [1.29, 1.82) is 0 Å². The lowest BCUT2D eigenvalue weighted by molar-refractivity contribution is -0.151. The van der Waals surface area contributed by atoms with Crippen LogP contribution in [0.4, 0.5) is 5.69 Å². The van der Waals surface area contributed by atoms with Crippen molar-refractivity contribution >= 4 is 50.4 Å². The molecule has 44 heavy (non-hydrogen) atoms. The van der Waals surface area contributed by atoms with Gasteiger partial charge in [-0.15, -0.1) is 18.3 Å². The highest BCUT2D eigenvalue weighted by Gasteiger charge is 2.77. The molecule has 3 aliphatic heterocycles. The van der Waals surface area contributed by atoms with Crippen LogP contribution in [-0.2, 0) is 25.8 Å². The number of rotatable bonds is 11. The summed E-state index contributed by atoms with van der Waals surface area (Å²) in [4.78, 5) is 47.8. The minimum Gasteiger partial charge on any atom is -0.394 e. The summed E-state index contributed by atoms with van der Waals surface area (Å²) in [5, 5.41) is 18.7. The van der Waals surface area contributed by atoms with Gasteiger partial charge in [-0.1, -0.05) is 63.6 Å². The summed E-state index contributed by atoms with van der Waals surface area (Å²) < 4.78 is 8.31. The number of hydrogen-bond acceptors (Lipinski definition) is 7. The molecule has 3 fully saturated rings. The molecule has 3 saturated heterocycles. The molecule has 0 radical (unpaired) electrons. The zero-order valence-corrected chi connectivity index (χ0v) is 26.0. The Morgan fingerprint density at radius 2 is 1.84 bits per heavy atom. The van der Waals surface area contributed by atoms with Crippen LogP contribution in [0.3, 0.4) is 0 Å². The maximum atomic E-state index is 14.7. The van der Waals surface area contributed by atoms with Gasteiger partial charge in [-0.05, 0) is 37.6 Å². The Morgan fingerprint density at radius 1 is 1.14 bits per heavy atom. The SMILES string of the molecule is C=CCN(Cn1nnc2ccccc21)C(=O)C1N([C@H](C)CO)C(=O)[C@@H]2[C@@H](C(=O)N(CC=C)c3ccccc3)[C@@H]3OC12CC3Br. The van der Waals surface area contributed by atoms with Gasteiger partial charge in [-0.25, -0.2) is 4.68 Å². The third-order valence-corrected chi connectivity index (χ3v) is 9.86. The normalized spacial score (nSPS) is 27.8. The van der Waals surface area contributed by atoms with Crippen molar-refractivity contribution in [3.63, 3.8) is 0 Å². The van der Waals surface area contributed by atoms with Crippen molar-refractivity contribution in [2.24, 2.45) is 11.8 Å². The second-order valence-corrected chi connectivity index (χ2v) is 12.8. The van der Waals surface area contributed by atoms with Gasteiger partial charge < -0.3 is 24.5 Å². The Labute approximate surface area is 263 Å². The quantitative estimate of drug-likeness (QED) is 0.248. The van der Waals surface area contributed by atoms with E-state index in [0.717, 1.165) is 5.52 Å². The first-order chi connectivity index (χ1) is 21.3. The van der Waals surface area contributed by atoms with E-state index < -0.39 is 35.6 Å². The summed E-state index contributed by atoms with van der Waals surface area (Å²) in [7, 11) is 0. The first kappa shape index (κ1) is 30.2. The van der Waals surface area contributed by atoms with Gasteiger partial charge in [0.2, 0.25) is 17.7 Å². The number of alkyl halides is 1. The molecular formula is C32H35BrN6O5. The molecule has 1 N–H and O–H groups in total. The molecular weight excluding hydrogens is 628 g/mol. The average molecular weight is 664 g/mol. The highest BCUT2D eigenvalue weighted by molar-refractivity contribution is 9.09. The molecule has 1 spiro atoms. The second kappa shape index (κ2) is 11.9. The molecule has 2 aromatic carbocycles. The van der Waals surface area contributed by atoms with Crippen molar-refractivity contribution in [2.75, 3.05) is 24.6 Å². The Balaban J connectivity index is 1.40. The van der Waals surface area contributed by atoms with Crippen LogP contribution in [0.1, 0.15) is 13.3 Å². The van der Waals surface area contributed by atoms with Crippen molar-refractivity contribution in [3.05, 3.63) is 79.9 Å². The smallest absolute Gasteiger partial charge is 0.250 e. The minimum atomic E-state index is -1.28. The number of aromatic nitrogens is 3. The Hall–Kier alpha value is -3.87. The van der Waals surface area contributed by atoms with Crippen molar-refractivity contribution in [2.45, 2.75) is 48.6 Å². The fourth-order valence-electron chi connectivity index (χ4n) is 7.16. The molecule has 4 heterocycles. The molecule has 12 heteroatoms. The van der Waals surface area contributed by atoms with E-state index in [1.54, 1.807) is 33.6 Å². The maximum Gasteiger partial charge on any atom is 0.250 e. The van der Waals surface area contributed by atoms with Gasteiger partial charge in [-0.3, -0.25) is 14.4 Å². The summed E-state index contributed by atoms with van der Waals surface area (Å²) in [6, 6.07) is 14.9. The van der Waals surface area contributed by atoms with Crippen LogP contribution in [0.2, 0.25) is 0 Å². The Bertz CT molecular complexity index is 1600. The van der Waals surface area contributed by atoms with Crippen LogP contribution in [-0.4, -0.2) is 95.9 Å². The van der Waals surface area contributed by atoms with Crippen LogP contribution < -0.4 is 4.90 Å². The van der Waals surface area contributed by atoms with Gasteiger partial charge in [0.15, 0.2) is 0 Å². The molecule has 3 amide bonds. The molecule has 2 bridgehead atoms. The number of aliphatic hydroxyl groups is 1. The number of fused-ring (bicyclic) bond motifs is 2. The molecule has 0 saturated carbocycles. The molecule has 6 rings (SSSR count). The minimum absolute atomic E-state index is 0.0583. The van der Waals surface area contributed by atoms with E-state index in [1.165, 1.54) is 4.90 Å². The molecule has 7 atom stereocenters. The number of para-hydroxylation sites is 2. The standard InChI is InChI=1S/C32H35BrN6O5/c1-4-15-36(19-38-24-14-10-9-13-23(24)34-35-38)31(43)28-32-17-22(33)27(44-32)25(26(32)30(42)39(28)20(3)18-40)29(41)37(16-5-2)21-11-7-6-8-12-21/h4-14,20,22,25-28,40H,1-2,15-19H2,3H3/t20-,22?,25-,26+,27-,28?,32?/m1/s1. The Kier molecular flexibility index (Phi) is 8.16. The number of nitrogens with zero attached hydrogens (tertiary/aromatic N) is 6. The highest BCUT2D eigenvalue weighted by Crippen LogP contribution is 2.61. The largest absolute Gasteiger partial charge is 0.394 e. The predicted octanol–water partition coefficient (Wildman–Crippen LogP) is 2.75. The summed E-state index contributed by atoms with van der Waals surface area (Å²) in [5.41, 5.74) is 0.835. The topological polar surface area (TPSA) is 121 Å². The van der Waals surface area contributed by atoms with Gasteiger partial charge in [0.1, 0.15) is 23.8 Å². The van der Waals surface area contributed by atoms with Crippen LogP contribution in [0.15, 0.2) is 79.9 Å². The lowest BCUT2D eigenvalue weighted by Gasteiger charge is -2.38. The van der Waals surface area contributed by atoms with Gasteiger partial charge in [0.25, 0.3) is 0 Å². The van der Waals surface area contributed by atoms with Crippen LogP contribution in [0.5, 0.6) is 0 Å². The number of halogens is 1. The van der Waals surface area contributed by atoms with Crippen LogP contribution in [0.25, 0.3) is 11.0 Å². The number of ether oxygens (including phenoxy) is 1. The number of hydrogen-bond donors (Lipinski definition) is 1. The number of benzene rings is 2. The number of aliphatic hydroxyl groups excluding tert-OH is 1. The molecule has 1 aromatic heterocycles. The average Bonchev–Trinajstić information content (AvgIpc) is 3.76. The number of carbonyl (C=O) groups is 3. The van der Waals surface area contributed by atoms with Gasteiger partial charge in [0, 0.05) is 23.6 Å². The lowest BCUT2D eigenvalue weighted by atomic mass is 9.70. The van der Waals surface area contributed by atoms with E-state index in [-0.39, 0.29) is 48.9 Å². The van der Waals surface area contributed by atoms with Crippen molar-refractivity contribution in [1.82, 2.24) is 24.8 Å². The number of anilines is 1. The zero-order valence-electron chi connectivity index (χ0n) is 24.4. The van der Waals surface area contributed by atoms with Gasteiger partial charge >= 0.3 is 0 Å². The fourth-order valence-corrected chi connectivity index (χ4v) is 8.10. The van der Waals surface area contributed by atoms with Gasteiger partial charge in [-0.2, -0.15) is 0 Å². The van der Waals surface area contributed by atoms with E-state index in [4.69, 9.17) is 4.74 Å². The third kappa shape index (κ3) is 4.67. The number of amides is 3. The summed E-state index contributed by atoms with van der Waals surface area (Å²) in [5.74, 6) is -2.78. The molecule has 11 nitrogen and oxygen atoms in total. The van der Waals surface area contributed by atoms with E-state index in [2.05, 4.69) is 39.4 Å². The monoisotopic (exact) mass is 662 g/mol. The van der Waals surface area contributed by atoms with Crippen LogP contribution in [0, 0.1) is 11.8 Å². The Morgan fingerprint density at radius 3 is 2.55 bits per heavy atom. The first-order valence-electron chi connectivity index (χ1n) is 14.7. The van der Waals surface area contributed by atoms with Gasteiger partial charge in [0.05, 0.1) is 36.1 Å². The summed E-state index contributed by atoms with van der Waals surface area (Å²) >= 11 is 3.74. The summed E-state index contributed by atoms with van der Waals surface area (Å²) in [6.07, 6.45) is 2.98. The maximum absolute atomic E-state index is 14.7. The molecule has 3 aliphatic rings. The van der Waals surface area contributed by atoms with E-state index in [1.807, 2.05) is 54.6 Å². The first-order valence-corrected chi connectivity index (χ1v) is 15.6. The van der Waals surface area contributed by atoms with E-state index in [0.29, 0.717) is 17.6 Å². The van der Waals surface area contributed by atoms with Crippen molar-refractivity contribution < 1.29 is 24.2 Å². The van der Waals surface area contributed by atoms with E-state index in [9.17, 15) is 19.5 Å². The summed E-state index contributed by atoms with van der Waals surface area (Å²) in [6.45, 7) is 9.50. The number of likely N-dealkylation sites (tertiary alicyclic amines) is 1. The molecule has 3 unspecified atom stereocenters. The van der Waals surface area contributed by atoms with Crippen LogP contribution >= 0.6 is 15.9 Å². The zero-order chi connectivity index (χ0) is 31.2. The molecule has 0 aliphatic carbocycles. The fraction of sp³-hybridized carbons (Fsp3) is 0.406. The third-order valence-electron chi connectivity index (χ3n) is 9.02. The molecule has 3 aromatic rings. The lowest BCUT2D eigenvalue weighted by Crippen LogP contribution is -2.58.